The zero-order valence-electron chi connectivity index (χ0n) is 12.5. The summed E-state index contributed by atoms with van der Waals surface area (Å²) in [5.74, 6) is -2.36. The summed E-state index contributed by atoms with van der Waals surface area (Å²) in [6.45, 7) is 2.38. The Balaban J connectivity index is 2.79. The number of carbonyl (C=O) groups excluding carboxylic acids is 1. The normalized spacial score (nSPS) is 10.8. The van der Waals surface area contributed by atoms with Crippen LogP contribution in [0, 0.1) is 0 Å². The van der Waals surface area contributed by atoms with E-state index in [1.54, 1.807) is 24.3 Å². The maximum absolute atomic E-state index is 12.1. The Hall–Kier alpha value is -2.57. The summed E-state index contributed by atoms with van der Waals surface area (Å²) >= 11 is 0. The summed E-state index contributed by atoms with van der Waals surface area (Å²) < 4.78 is 5.09. The number of carboxylic acids is 2. The molecule has 22 heavy (non-hydrogen) atoms. The molecule has 0 unspecified atom stereocenters. The molecule has 0 bridgehead atoms. The van der Waals surface area contributed by atoms with Gasteiger partial charge in [-0.15, -0.1) is 0 Å². The molecule has 0 spiro atoms. The number of amides is 1. The molecule has 0 aliphatic carbocycles. The highest BCUT2D eigenvalue weighted by molar-refractivity contribution is 5.83. The molecule has 1 aromatic carbocycles. The summed E-state index contributed by atoms with van der Waals surface area (Å²) in [4.78, 5) is 35.0. The van der Waals surface area contributed by atoms with Gasteiger partial charge in [0.05, 0.1) is 6.42 Å². The van der Waals surface area contributed by atoms with Gasteiger partial charge in [-0.1, -0.05) is 30.3 Å². The van der Waals surface area contributed by atoms with Crippen LogP contribution >= 0.6 is 0 Å². The van der Waals surface area contributed by atoms with Crippen LogP contribution in [0.1, 0.15) is 25.8 Å². The van der Waals surface area contributed by atoms with Gasteiger partial charge in [0.15, 0.2) is 0 Å². The fourth-order valence-corrected chi connectivity index (χ4v) is 1.72. The Morgan fingerprint density at radius 3 is 2.23 bits per heavy atom. The van der Waals surface area contributed by atoms with E-state index in [2.05, 4.69) is 0 Å². The van der Waals surface area contributed by atoms with Crippen LogP contribution in [-0.4, -0.2) is 45.2 Å². The Morgan fingerprint density at radius 1 is 1.14 bits per heavy atom. The first-order valence-corrected chi connectivity index (χ1v) is 6.68. The molecule has 1 amide bonds. The molecule has 0 heterocycles. The predicted molar refractivity (Wildman–Crippen MR) is 77.3 cm³/mol. The van der Waals surface area contributed by atoms with Crippen molar-refractivity contribution in [2.75, 3.05) is 6.54 Å². The lowest BCUT2D eigenvalue weighted by Gasteiger charge is -2.33. The van der Waals surface area contributed by atoms with E-state index in [4.69, 9.17) is 9.84 Å². The number of ether oxygens (including phenoxy) is 1. The molecule has 7 heteroatoms. The van der Waals surface area contributed by atoms with Crippen LogP contribution in [0.3, 0.4) is 0 Å². The van der Waals surface area contributed by atoms with E-state index in [0.29, 0.717) is 0 Å². The summed E-state index contributed by atoms with van der Waals surface area (Å²) in [7, 11) is 0. The van der Waals surface area contributed by atoms with Crippen LogP contribution in [0.2, 0.25) is 0 Å². The highest BCUT2D eigenvalue weighted by Crippen LogP contribution is 2.17. The molecule has 0 aliphatic rings. The van der Waals surface area contributed by atoms with Gasteiger partial charge >= 0.3 is 18.0 Å². The Morgan fingerprint density at radius 2 is 1.73 bits per heavy atom. The molecule has 1 aromatic rings. The fourth-order valence-electron chi connectivity index (χ4n) is 1.72. The molecule has 0 aromatic heterocycles. The van der Waals surface area contributed by atoms with Crippen molar-refractivity contribution in [3.63, 3.8) is 0 Å². The highest BCUT2D eigenvalue weighted by Gasteiger charge is 2.39. The van der Waals surface area contributed by atoms with Gasteiger partial charge in [-0.05, 0) is 19.4 Å². The van der Waals surface area contributed by atoms with Gasteiger partial charge in [0.25, 0.3) is 0 Å². The SMILES string of the molecule is CC(C)(C(=O)O)N(CCC(=O)O)C(=O)OCc1ccccc1. The van der Waals surface area contributed by atoms with E-state index in [1.807, 2.05) is 6.07 Å². The van der Waals surface area contributed by atoms with E-state index in [9.17, 15) is 19.5 Å². The summed E-state index contributed by atoms with van der Waals surface area (Å²) in [6.07, 6.45) is -1.23. The lowest BCUT2D eigenvalue weighted by molar-refractivity contribution is -0.149. The van der Waals surface area contributed by atoms with Crippen molar-refractivity contribution >= 4 is 18.0 Å². The van der Waals surface area contributed by atoms with Gasteiger partial charge in [-0.2, -0.15) is 0 Å². The molecule has 7 nitrogen and oxygen atoms in total. The number of carbonyl (C=O) groups is 3. The van der Waals surface area contributed by atoms with E-state index in [-0.39, 0.29) is 19.6 Å². The third-order valence-electron chi connectivity index (χ3n) is 3.17. The smallest absolute Gasteiger partial charge is 0.411 e. The van der Waals surface area contributed by atoms with Gasteiger partial charge < -0.3 is 14.9 Å². The molecule has 0 saturated heterocycles. The second kappa shape index (κ2) is 7.44. The molecule has 0 fully saturated rings. The second-order valence-electron chi connectivity index (χ2n) is 5.20. The molecular weight excluding hydrogens is 290 g/mol. The standard InChI is InChI=1S/C15H19NO6/c1-15(2,13(19)20)16(9-8-12(17)18)14(21)22-10-11-6-4-3-5-7-11/h3-7H,8-10H2,1-2H3,(H,17,18)(H,19,20). The van der Waals surface area contributed by atoms with E-state index in [1.165, 1.54) is 13.8 Å². The van der Waals surface area contributed by atoms with Gasteiger partial charge in [0.1, 0.15) is 12.1 Å². The molecule has 0 aliphatic heterocycles. The van der Waals surface area contributed by atoms with Crippen LogP contribution < -0.4 is 0 Å². The van der Waals surface area contributed by atoms with Gasteiger partial charge in [0, 0.05) is 6.54 Å². The van der Waals surface area contributed by atoms with Crippen molar-refractivity contribution in [3.8, 4) is 0 Å². The number of hydrogen-bond acceptors (Lipinski definition) is 4. The van der Waals surface area contributed by atoms with Crippen molar-refractivity contribution in [1.82, 2.24) is 4.90 Å². The quantitative estimate of drug-likeness (QED) is 0.798. The first-order chi connectivity index (χ1) is 10.2. The van der Waals surface area contributed by atoms with Crippen molar-refractivity contribution in [2.45, 2.75) is 32.4 Å². The van der Waals surface area contributed by atoms with Gasteiger partial charge in [-0.3, -0.25) is 9.69 Å². The molecule has 0 radical (unpaired) electrons. The maximum Gasteiger partial charge on any atom is 0.411 e. The van der Waals surface area contributed by atoms with Crippen LogP contribution in [-0.2, 0) is 20.9 Å². The Kier molecular flexibility index (Phi) is 5.91. The average molecular weight is 309 g/mol. The minimum atomic E-state index is -1.57. The number of benzene rings is 1. The zero-order chi connectivity index (χ0) is 16.8. The topological polar surface area (TPSA) is 104 Å². The van der Waals surface area contributed by atoms with Crippen LogP contribution in [0.4, 0.5) is 4.79 Å². The lowest BCUT2D eigenvalue weighted by Crippen LogP contribution is -2.53. The summed E-state index contributed by atoms with van der Waals surface area (Å²) in [6, 6.07) is 8.91. The van der Waals surface area contributed by atoms with Crippen molar-refractivity contribution in [2.24, 2.45) is 0 Å². The maximum atomic E-state index is 12.1. The second-order valence-corrected chi connectivity index (χ2v) is 5.20. The van der Waals surface area contributed by atoms with E-state index in [0.717, 1.165) is 10.5 Å². The van der Waals surface area contributed by atoms with Gasteiger partial charge in [-0.25, -0.2) is 9.59 Å². The zero-order valence-corrected chi connectivity index (χ0v) is 12.5. The Labute approximate surface area is 128 Å². The largest absolute Gasteiger partial charge is 0.481 e. The summed E-state index contributed by atoms with van der Waals surface area (Å²) in [5.41, 5.74) is -0.814. The average Bonchev–Trinajstić information content (AvgIpc) is 2.45. The Bertz CT molecular complexity index is 540. The summed E-state index contributed by atoms with van der Waals surface area (Å²) in [5, 5.41) is 17.9. The third kappa shape index (κ3) is 4.76. The molecule has 1 rings (SSSR count). The third-order valence-corrected chi connectivity index (χ3v) is 3.17. The van der Waals surface area contributed by atoms with Crippen molar-refractivity contribution in [1.29, 1.82) is 0 Å². The molecule has 0 atom stereocenters. The molecular formula is C15H19NO6. The highest BCUT2D eigenvalue weighted by atomic mass is 16.6. The van der Waals surface area contributed by atoms with Crippen molar-refractivity contribution < 1.29 is 29.3 Å². The predicted octanol–water partition coefficient (Wildman–Crippen LogP) is 1.96. The van der Waals surface area contributed by atoms with Crippen LogP contribution in [0.5, 0.6) is 0 Å². The first kappa shape index (κ1) is 17.5. The number of carboxylic acid groups (broad SMARTS) is 2. The van der Waals surface area contributed by atoms with Gasteiger partial charge in [0.2, 0.25) is 0 Å². The van der Waals surface area contributed by atoms with E-state index < -0.39 is 23.6 Å². The minimum absolute atomic E-state index is 0.0149. The minimum Gasteiger partial charge on any atom is -0.481 e. The number of nitrogens with zero attached hydrogens (tertiary/aromatic N) is 1. The number of hydrogen-bond donors (Lipinski definition) is 2. The van der Waals surface area contributed by atoms with Crippen LogP contribution in [0.25, 0.3) is 0 Å². The molecule has 0 saturated carbocycles. The fraction of sp³-hybridized carbons (Fsp3) is 0.400. The van der Waals surface area contributed by atoms with E-state index >= 15 is 0 Å². The molecule has 2 N–H and O–H groups in total. The number of rotatable bonds is 7. The lowest BCUT2D eigenvalue weighted by atomic mass is 10.0. The first-order valence-electron chi connectivity index (χ1n) is 6.68. The van der Waals surface area contributed by atoms with Crippen molar-refractivity contribution in [3.05, 3.63) is 35.9 Å². The molecule has 120 valence electrons. The number of aliphatic carboxylic acids is 2. The van der Waals surface area contributed by atoms with Crippen LogP contribution in [0.15, 0.2) is 30.3 Å². The monoisotopic (exact) mass is 309 g/mol.